The minimum absolute atomic E-state index is 0.0433. The molecule has 0 unspecified atom stereocenters. The van der Waals surface area contributed by atoms with E-state index in [2.05, 4.69) is 10.5 Å². The van der Waals surface area contributed by atoms with Crippen LogP contribution in [0.2, 0.25) is 0 Å². The fraction of sp³-hybridized carbons (Fsp3) is 0.118. The molecule has 0 saturated heterocycles. The number of carboxylic acid groups (broad SMARTS) is 1. The highest BCUT2D eigenvalue weighted by molar-refractivity contribution is 6.11. The maximum atomic E-state index is 12.3. The maximum Gasteiger partial charge on any atom is 0.336 e. The van der Waals surface area contributed by atoms with Crippen molar-refractivity contribution in [2.75, 3.05) is 12.4 Å². The molecule has 0 saturated carbocycles. The zero-order valence-corrected chi connectivity index (χ0v) is 12.7. The van der Waals surface area contributed by atoms with Crippen molar-refractivity contribution in [2.45, 2.75) is 6.92 Å². The summed E-state index contributed by atoms with van der Waals surface area (Å²) in [6.45, 7) is 1.78. The first-order valence-corrected chi connectivity index (χ1v) is 6.85. The van der Waals surface area contributed by atoms with Crippen LogP contribution in [0.1, 0.15) is 33.2 Å². The van der Waals surface area contributed by atoms with Crippen molar-refractivity contribution >= 4 is 23.3 Å². The molecule has 118 valence electrons. The Morgan fingerprint density at radius 2 is 1.78 bits per heavy atom. The van der Waals surface area contributed by atoms with Gasteiger partial charge in [0.05, 0.1) is 16.8 Å². The van der Waals surface area contributed by atoms with Gasteiger partial charge in [-0.1, -0.05) is 29.4 Å². The Hall–Kier alpha value is -3.15. The quantitative estimate of drug-likeness (QED) is 0.656. The first-order valence-electron chi connectivity index (χ1n) is 6.85. The smallest absolute Gasteiger partial charge is 0.336 e. The van der Waals surface area contributed by atoms with Crippen LogP contribution >= 0.6 is 0 Å². The number of rotatable bonds is 5. The van der Waals surface area contributed by atoms with E-state index in [0.717, 1.165) is 5.56 Å². The summed E-state index contributed by atoms with van der Waals surface area (Å²) in [6.07, 6.45) is 0. The lowest BCUT2D eigenvalue weighted by molar-refractivity contribution is 0.0692. The third-order valence-corrected chi connectivity index (χ3v) is 3.17. The number of carbonyl (C=O) groups excluding carboxylic acids is 1. The van der Waals surface area contributed by atoms with Gasteiger partial charge in [-0.25, -0.2) is 4.79 Å². The number of carboxylic acids is 1. The van der Waals surface area contributed by atoms with Crippen LogP contribution in [0.15, 0.2) is 53.7 Å². The summed E-state index contributed by atoms with van der Waals surface area (Å²) in [4.78, 5) is 28.2. The number of hydrogen-bond donors (Lipinski definition) is 2. The maximum absolute atomic E-state index is 12.3. The number of aromatic carboxylic acids is 1. The molecule has 0 aliphatic carbocycles. The minimum atomic E-state index is -1.15. The van der Waals surface area contributed by atoms with E-state index < -0.39 is 11.9 Å². The molecule has 0 bridgehead atoms. The highest BCUT2D eigenvalue weighted by Gasteiger charge is 2.16. The predicted molar refractivity (Wildman–Crippen MR) is 87.0 cm³/mol. The van der Waals surface area contributed by atoms with Gasteiger partial charge in [-0.15, -0.1) is 0 Å². The Balaban J connectivity index is 2.26. The molecule has 1 amide bonds. The molecule has 0 aliphatic rings. The lowest BCUT2D eigenvalue weighted by Gasteiger charge is -2.09. The van der Waals surface area contributed by atoms with Gasteiger partial charge in [-0.3, -0.25) is 4.79 Å². The van der Waals surface area contributed by atoms with Crippen LogP contribution in [-0.2, 0) is 4.84 Å². The van der Waals surface area contributed by atoms with Crippen molar-refractivity contribution in [3.05, 3.63) is 65.2 Å². The van der Waals surface area contributed by atoms with Crippen LogP contribution in [-0.4, -0.2) is 29.8 Å². The van der Waals surface area contributed by atoms with Gasteiger partial charge in [0.1, 0.15) is 7.11 Å². The lowest BCUT2D eigenvalue weighted by atomic mass is 10.1. The average molecular weight is 312 g/mol. The van der Waals surface area contributed by atoms with E-state index in [9.17, 15) is 9.59 Å². The number of carbonyl (C=O) groups is 2. The molecule has 0 spiro atoms. The Morgan fingerprint density at radius 3 is 2.43 bits per heavy atom. The summed E-state index contributed by atoms with van der Waals surface area (Å²) < 4.78 is 0. The molecule has 2 aromatic rings. The number of oxime groups is 1. The van der Waals surface area contributed by atoms with Gasteiger partial charge in [0.15, 0.2) is 0 Å². The van der Waals surface area contributed by atoms with Crippen LogP contribution in [0, 0.1) is 0 Å². The molecule has 0 radical (unpaired) electrons. The molecule has 0 heterocycles. The van der Waals surface area contributed by atoms with E-state index >= 15 is 0 Å². The topological polar surface area (TPSA) is 88.0 Å². The first kappa shape index (κ1) is 16.2. The van der Waals surface area contributed by atoms with Crippen molar-refractivity contribution < 1.29 is 19.5 Å². The number of hydrogen-bond acceptors (Lipinski definition) is 4. The summed E-state index contributed by atoms with van der Waals surface area (Å²) in [6, 6.07) is 13.1. The van der Waals surface area contributed by atoms with E-state index in [4.69, 9.17) is 9.94 Å². The SMILES string of the molecule is CO/N=C(\C)c1cccc(NC(=O)c2ccccc2C(=O)O)c1. The number of nitrogens with one attached hydrogen (secondary N) is 1. The Labute approximate surface area is 133 Å². The van der Waals surface area contributed by atoms with Gasteiger partial charge < -0.3 is 15.3 Å². The monoisotopic (exact) mass is 312 g/mol. The van der Waals surface area contributed by atoms with Crippen molar-refractivity contribution in [3.63, 3.8) is 0 Å². The molecule has 0 aliphatic heterocycles. The molecule has 6 nitrogen and oxygen atoms in total. The van der Waals surface area contributed by atoms with Crippen molar-refractivity contribution in [2.24, 2.45) is 5.16 Å². The van der Waals surface area contributed by atoms with E-state index in [1.807, 2.05) is 6.07 Å². The Kier molecular flexibility index (Phi) is 5.09. The third kappa shape index (κ3) is 3.94. The van der Waals surface area contributed by atoms with E-state index in [1.54, 1.807) is 37.3 Å². The van der Waals surface area contributed by atoms with Gasteiger partial charge >= 0.3 is 5.97 Å². The summed E-state index contributed by atoms with van der Waals surface area (Å²) in [5, 5.41) is 15.7. The zero-order chi connectivity index (χ0) is 16.8. The normalized spacial score (nSPS) is 11.0. The second-order valence-corrected chi connectivity index (χ2v) is 4.74. The Morgan fingerprint density at radius 1 is 1.09 bits per heavy atom. The molecule has 2 N–H and O–H groups in total. The number of anilines is 1. The molecule has 0 fully saturated rings. The number of amides is 1. The molecule has 2 aromatic carbocycles. The lowest BCUT2D eigenvalue weighted by Crippen LogP contribution is -2.16. The molecule has 6 heteroatoms. The van der Waals surface area contributed by atoms with Crippen molar-refractivity contribution in [3.8, 4) is 0 Å². The van der Waals surface area contributed by atoms with E-state index in [1.165, 1.54) is 19.2 Å². The standard InChI is InChI=1S/C17H16N2O4/c1-11(19-23-2)12-6-5-7-13(10-12)18-16(20)14-8-3-4-9-15(14)17(21)22/h3-10H,1-2H3,(H,18,20)(H,21,22)/b19-11+. The molecule has 0 aromatic heterocycles. The number of benzene rings is 2. The van der Waals surface area contributed by atoms with Gasteiger partial charge in [0.25, 0.3) is 5.91 Å². The Bertz CT molecular complexity index is 769. The van der Waals surface area contributed by atoms with E-state index in [0.29, 0.717) is 11.4 Å². The van der Waals surface area contributed by atoms with Crippen molar-refractivity contribution in [1.29, 1.82) is 0 Å². The second kappa shape index (κ2) is 7.22. The van der Waals surface area contributed by atoms with Gasteiger partial charge in [0, 0.05) is 11.3 Å². The largest absolute Gasteiger partial charge is 0.478 e. The third-order valence-electron chi connectivity index (χ3n) is 3.17. The molecule has 2 rings (SSSR count). The highest BCUT2D eigenvalue weighted by atomic mass is 16.6. The van der Waals surface area contributed by atoms with Gasteiger partial charge in [0.2, 0.25) is 0 Å². The summed E-state index contributed by atoms with van der Waals surface area (Å²) >= 11 is 0. The van der Waals surface area contributed by atoms with Crippen LogP contribution in [0.5, 0.6) is 0 Å². The fourth-order valence-corrected chi connectivity index (χ4v) is 2.08. The van der Waals surface area contributed by atoms with Crippen LogP contribution in [0.4, 0.5) is 5.69 Å². The summed E-state index contributed by atoms with van der Waals surface area (Å²) in [5.74, 6) is -1.63. The van der Waals surface area contributed by atoms with Crippen LogP contribution in [0.25, 0.3) is 0 Å². The molecular formula is C17H16N2O4. The minimum Gasteiger partial charge on any atom is -0.478 e. The zero-order valence-electron chi connectivity index (χ0n) is 12.7. The highest BCUT2D eigenvalue weighted by Crippen LogP contribution is 2.15. The predicted octanol–water partition coefficient (Wildman–Crippen LogP) is 3.01. The number of nitrogens with zero attached hydrogens (tertiary/aromatic N) is 1. The molecule has 23 heavy (non-hydrogen) atoms. The summed E-state index contributed by atoms with van der Waals surface area (Å²) in [7, 11) is 1.46. The van der Waals surface area contributed by atoms with Gasteiger partial charge in [-0.05, 0) is 31.2 Å². The molecule has 0 atom stereocenters. The van der Waals surface area contributed by atoms with E-state index in [-0.39, 0.29) is 11.1 Å². The van der Waals surface area contributed by atoms with Crippen LogP contribution in [0.3, 0.4) is 0 Å². The summed E-state index contributed by atoms with van der Waals surface area (Å²) in [5.41, 5.74) is 2.05. The molecular weight excluding hydrogens is 296 g/mol. The van der Waals surface area contributed by atoms with Crippen molar-refractivity contribution in [1.82, 2.24) is 0 Å². The van der Waals surface area contributed by atoms with Gasteiger partial charge in [-0.2, -0.15) is 0 Å². The average Bonchev–Trinajstić information content (AvgIpc) is 2.55. The second-order valence-electron chi connectivity index (χ2n) is 4.74. The van der Waals surface area contributed by atoms with Crippen LogP contribution < -0.4 is 5.32 Å². The fourth-order valence-electron chi connectivity index (χ4n) is 2.08. The first-order chi connectivity index (χ1) is 11.0.